The van der Waals surface area contributed by atoms with Gasteiger partial charge in [0.05, 0.1) is 34.7 Å². The first-order valence-electron chi connectivity index (χ1n) is 8.05. The van der Waals surface area contributed by atoms with Crippen LogP contribution in [0.25, 0.3) is 0 Å². The van der Waals surface area contributed by atoms with Crippen molar-refractivity contribution in [3.63, 3.8) is 0 Å². The summed E-state index contributed by atoms with van der Waals surface area (Å²) in [5.74, 6) is 6.20. The Hall–Kier alpha value is 0.0500. The van der Waals surface area contributed by atoms with E-state index in [-0.39, 0.29) is 6.61 Å². The van der Waals surface area contributed by atoms with E-state index in [1.165, 1.54) is 0 Å². The third-order valence-corrected chi connectivity index (χ3v) is 3.80. The van der Waals surface area contributed by atoms with Gasteiger partial charge in [0, 0.05) is 31.5 Å². The van der Waals surface area contributed by atoms with Crippen molar-refractivity contribution in [1.82, 2.24) is 4.67 Å². The Morgan fingerprint density at radius 1 is 1.12 bits per heavy atom. The van der Waals surface area contributed by atoms with Crippen LogP contribution >= 0.6 is 32.0 Å². The molecule has 0 fully saturated rings. The highest BCUT2D eigenvalue weighted by Gasteiger charge is 2.12. The summed E-state index contributed by atoms with van der Waals surface area (Å²) < 4.78 is 11.9. The molecule has 0 bridgehead atoms. The summed E-state index contributed by atoms with van der Waals surface area (Å²) in [5.41, 5.74) is 0. The fourth-order valence-electron chi connectivity index (χ4n) is 1.36. The van der Waals surface area contributed by atoms with Crippen molar-refractivity contribution in [3.8, 4) is 17.9 Å². The van der Waals surface area contributed by atoms with E-state index in [0.717, 1.165) is 0 Å². The molecule has 0 saturated carbocycles. The van der Waals surface area contributed by atoms with Crippen LogP contribution in [0.1, 0.15) is 54.4 Å². The van der Waals surface area contributed by atoms with Gasteiger partial charge in [-0.25, -0.2) is 0 Å². The third kappa shape index (κ3) is 26.9. The van der Waals surface area contributed by atoms with E-state index in [4.69, 9.17) is 14.9 Å². The van der Waals surface area contributed by atoms with E-state index >= 15 is 0 Å². The number of rotatable bonds is 7. The van der Waals surface area contributed by atoms with Crippen LogP contribution in [-0.2, 0) is 7.59 Å². The second-order valence-corrected chi connectivity index (χ2v) is 7.41. The van der Waals surface area contributed by atoms with E-state index in [0.29, 0.717) is 46.4 Å². The average Bonchev–Trinajstić information content (AvgIpc) is 2.48. The predicted molar refractivity (Wildman–Crippen MR) is 112 cm³/mol. The predicted octanol–water partition coefficient (Wildman–Crippen LogP) is 4.55. The van der Waals surface area contributed by atoms with Crippen molar-refractivity contribution in [2.24, 2.45) is 5.92 Å². The van der Waals surface area contributed by atoms with Crippen LogP contribution in [0.5, 0.6) is 0 Å². The van der Waals surface area contributed by atoms with Crippen molar-refractivity contribution in [1.29, 1.82) is 5.26 Å². The Balaban J connectivity index is -0.000000341. The molecule has 1 unspecified atom stereocenters. The Morgan fingerprint density at radius 2 is 1.62 bits per heavy atom. The number of hydrogen-bond acceptors (Lipinski definition) is 5. The summed E-state index contributed by atoms with van der Waals surface area (Å²) in [7, 11) is 1.99. The highest BCUT2D eigenvalue weighted by molar-refractivity contribution is 14.1. The summed E-state index contributed by atoms with van der Waals surface area (Å²) in [6.45, 7) is 13.4. The molecule has 0 radical (unpaired) electrons. The van der Waals surface area contributed by atoms with Gasteiger partial charge in [0.25, 0.3) is 0 Å². The quantitative estimate of drug-likeness (QED) is 0.255. The third-order valence-electron chi connectivity index (χ3n) is 2.23. The topological polar surface area (TPSA) is 65.7 Å². The molecular formula is C17H34IN2O3P. The zero-order chi connectivity index (χ0) is 19.4. The van der Waals surface area contributed by atoms with Crippen molar-refractivity contribution < 1.29 is 12.7 Å². The van der Waals surface area contributed by atoms with Crippen LogP contribution < -0.4 is 0 Å². The summed E-state index contributed by atoms with van der Waals surface area (Å²) in [6.07, 6.45) is 1.09. The van der Waals surface area contributed by atoms with E-state index in [1.54, 1.807) is 30.1 Å². The number of hydrogen-bond donors (Lipinski definition) is 1. The van der Waals surface area contributed by atoms with Gasteiger partial charge in [-0.3, -0.25) is 4.67 Å². The van der Waals surface area contributed by atoms with Gasteiger partial charge in [-0.1, -0.05) is 13.8 Å². The van der Waals surface area contributed by atoms with Gasteiger partial charge in [-0.2, -0.15) is 5.26 Å². The molecule has 0 aliphatic rings. The number of nitriles is 1. The molecule has 0 heterocycles. The van der Waals surface area contributed by atoms with Crippen molar-refractivity contribution in [2.75, 3.05) is 20.3 Å². The smallest absolute Gasteiger partial charge is 0.109 e. The fourth-order valence-corrected chi connectivity index (χ4v) is 2.12. The zero-order valence-electron chi connectivity index (χ0n) is 16.1. The maximum absolute atomic E-state index is 8.31. The Labute approximate surface area is 165 Å². The van der Waals surface area contributed by atoms with Crippen LogP contribution in [0, 0.1) is 29.1 Å². The van der Waals surface area contributed by atoms with Gasteiger partial charge in [-0.15, -0.1) is 11.8 Å². The number of aliphatic hydroxyl groups excluding tert-OH is 1. The van der Waals surface area contributed by atoms with Crippen LogP contribution in [0.3, 0.4) is 0 Å². The molecule has 0 spiro atoms. The molecule has 5 nitrogen and oxygen atoms in total. The molecule has 0 aromatic carbocycles. The van der Waals surface area contributed by atoms with E-state index in [2.05, 4.69) is 53.3 Å². The first-order chi connectivity index (χ1) is 11.3. The van der Waals surface area contributed by atoms with Crippen molar-refractivity contribution in [3.05, 3.63) is 0 Å². The molecule has 0 rings (SSSR count). The summed E-state index contributed by atoms with van der Waals surface area (Å²) in [5, 5.41) is 16.6. The highest BCUT2D eigenvalue weighted by Crippen LogP contribution is 2.25. The molecule has 0 aromatic rings. The first kappa shape index (κ1) is 28.8. The van der Waals surface area contributed by atoms with Crippen molar-refractivity contribution in [2.45, 2.75) is 66.5 Å². The lowest BCUT2D eigenvalue weighted by molar-refractivity contribution is 0.270. The molecule has 0 amide bonds. The molecule has 0 aromatic heterocycles. The molecule has 0 aliphatic heterocycles. The maximum atomic E-state index is 8.31. The molecule has 0 saturated heterocycles. The van der Waals surface area contributed by atoms with E-state index < -0.39 is 0 Å². The monoisotopic (exact) mass is 472 g/mol. The largest absolute Gasteiger partial charge is 0.395 e. The summed E-state index contributed by atoms with van der Waals surface area (Å²) in [4.78, 5) is 0. The van der Waals surface area contributed by atoms with Gasteiger partial charge >= 0.3 is 0 Å². The molecule has 1 N–H and O–H groups in total. The molecule has 142 valence electrons. The standard InChI is InChI=1S/C9H19N2OP.C7H12O.CH3IO/c1-8(2)11(9(3)4)13-12-7-5-6-10;1-7(2)5-3-4-6-8;1-3-2/h8-9,13H,5,7H2,1-4H3;7-8H,4,6H2,1-2H3;1H3. The second-order valence-electron chi connectivity index (χ2n) is 5.55. The SMILES string of the molecule is CC(C)C#CCCO.CC(C)N(POCCC#N)C(C)C.COI. The van der Waals surface area contributed by atoms with Gasteiger partial charge in [0.15, 0.2) is 0 Å². The number of nitrogens with zero attached hydrogens (tertiary/aromatic N) is 2. The number of halogens is 1. The summed E-state index contributed by atoms with van der Waals surface area (Å²) in [6, 6.07) is 3.06. The summed E-state index contributed by atoms with van der Waals surface area (Å²) >= 11 is 1.79. The normalized spacial score (nSPS) is 10.2. The maximum Gasteiger partial charge on any atom is 0.109 e. The van der Waals surface area contributed by atoms with Gasteiger partial charge in [0.2, 0.25) is 0 Å². The van der Waals surface area contributed by atoms with Gasteiger partial charge < -0.3 is 12.7 Å². The van der Waals surface area contributed by atoms with Crippen LogP contribution in [0.2, 0.25) is 0 Å². The Kier molecular flexibility index (Phi) is 27.7. The van der Waals surface area contributed by atoms with E-state index in [9.17, 15) is 0 Å². The molecule has 1 atom stereocenters. The lowest BCUT2D eigenvalue weighted by atomic mass is 10.2. The highest BCUT2D eigenvalue weighted by atomic mass is 127. The molecule has 0 aliphatic carbocycles. The zero-order valence-corrected chi connectivity index (χ0v) is 19.3. The Morgan fingerprint density at radius 3 is 1.96 bits per heavy atom. The van der Waals surface area contributed by atoms with Gasteiger partial charge in [0.1, 0.15) is 23.0 Å². The Bertz CT molecular complexity index is 342. The lowest BCUT2D eigenvalue weighted by Crippen LogP contribution is -2.29. The molecule has 24 heavy (non-hydrogen) atoms. The fraction of sp³-hybridized carbons (Fsp3) is 0.824. The molecular weight excluding hydrogens is 438 g/mol. The average molecular weight is 472 g/mol. The minimum absolute atomic E-state index is 0.180. The molecule has 7 heteroatoms. The van der Waals surface area contributed by atoms with Crippen LogP contribution in [0.15, 0.2) is 0 Å². The first-order valence-corrected chi connectivity index (χ1v) is 9.78. The minimum Gasteiger partial charge on any atom is -0.395 e. The lowest BCUT2D eigenvalue weighted by Gasteiger charge is -2.29. The second kappa shape index (κ2) is 23.1. The van der Waals surface area contributed by atoms with Gasteiger partial charge in [-0.05, 0) is 27.7 Å². The van der Waals surface area contributed by atoms with Crippen molar-refractivity contribution >= 4 is 32.0 Å². The van der Waals surface area contributed by atoms with E-state index in [1.807, 2.05) is 13.8 Å². The minimum atomic E-state index is 0.180. The van der Waals surface area contributed by atoms with Crippen LogP contribution in [-0.4, -0.2) is 42.2 Å². The van der Waals surface area contributed by atoms with Crippen LogP contribution in [0.4, 0.5) is 0 Å². The number of aliphatic hydroxyl groups is 1.